The van der Waals surface area contributed by atoms with E-state index in [9.17, 15) is 4.79 Å². The van der Waals surface area contributed by atoms with Crippen LogP contribution in [0.15, 0.2) is 42.5 Å². The van der Waals surface area contributed by atoms with Crippen LogP contribution in [0, 0.1) is 6.92 Å². The molecule has 1 heterocycles. The van der Waals surface area contributed by atoms with E-state index in [1.807, 2.05) is 43.3 Å². The van der Waals surface area contributed by atoms with E-state index in [0.29, 0.717) is 16.5 Å². The first kappa shape index (κ1) is 19.6. The molecule has 142 valence electrons. The van der Waals surface area contributed by atoms with Crippen LogP contribution in [-0.2, 0) is 4.79 Å². The summed E-state index contributed by atoms with van der Waals surface area (Å²) in [7, 11) is 0. The first-order valence-corrected chi connectivity index (χ1v) is 9.90. The van der Waals surface area contributed by atoms with Gasteiger partial charge in [-0.05, 0) is 68.1 Å². The van der Waals surface area contributed by atoms with Gasteiger partial charge >= 0.3 is 0 Å². The molecule has 27 heavy (non-hydrogen) atoms. The highest BCUT2D eigenvalue weighted by Crippen LogP contribution is 2.20. The molecule has 0 atom stereocenters. The number of carbonyl (C=O) groups is 1. The molecular weight excluding hydrogens is 380 g/mol. The molecule has 6 heteroatoms. The Kier molecular flexibility index (Phi) is 6.69. The van der Waals surface area contributed by atoms with Crippen molar-refractivity contribution in [3.05, 3.63) is 58.6 Å². The third kappa shape index (κ3) is 5.44. The highest BCUT2D eigenvalue weighted by atomic mass is 35.5. The highest BCUT2D eigenvalue weighted by molar-refractivity contribution is 7.80. The summed E-state index contributed by atoms with van der Waals surface area (Å²) in [6, 6.07) is 13.0. The second kappa shape index (κ2) is 9.20. The van der Waals surface area contributed by atoms with Gasteiger partial charge in [-0.3, -0.25) is 4.79 Å². The van der Waals surface area contributed by atoms with Crippen LogP contribution >= 0.6 is 23.8 Å². The van der Waals surface area contributed by atoms with E-state index in [2.05, 4.69) is 10.2 Å². The standard InChI is InChI=1S/C21H23ClN2O2S/c1-15-5-8-17(13-19(15)22)23-20(25)14-26-18-9-6-16(7-10-18)21(27)24-11-3-2-4-12-24/h5-10,13H,2-4,11-12,14H2,1H3,(H,23,25). The summed E-state index contributed by atoms with van der Waals surface area (Å²) in [6.07, 6.45) is 3.67. The Balaban J connectivity index is 1.51. The van der Waals surface area contributed by atoms with Crippen LogP contribution < -0.4 is 10.1 Å². The number of anilines is 1. The quantitative estimate of drug-likeness (QED) is 0.727. The Bertz CT molecular complexity index is 817. The number of halogens is 1. The van der Waals surface area contributed by atoms with Crippen LogP contribution in [0.5, 0.6) is 5.75 Å². The van der Waals surface area contributed by atoms with Crippen LogP contribution in [0.2, 0.25) is 5.02 Å². The average molecular weight is 403 g/mol. The van der Waals surface area contributed by atoms with Crippen molar-refractivity contribution in [2.45, 2.75) is 26.2 Å². The molecule has 0 aromatic heterocycles. The Morgan fingerprint density at radius 2 is 1.85 bits per heavy atom. The summed E-state index contributed by atoms with van der Waals surface area (Å²) in [5, 5.41) is 3.40. The van der Waals surface area contributed by atoms with Gasteiger partial charge in [-0.15, -0.1) is 0 Å². The fraction of sp³-hybridized carbons (Fsp3) is 0.333. The molecule has 4 nitrogen and oxygen atoms in total. The van der Waals surface area contributed by atoms with E-state index in [1.165, 1.54) is 19.3 Å². The first-order valence-electron chi connectivity index (χ1n) is 9.11. The van der Waals surface area contributed by atoms with Crippen molar-refractivity contribution in [3.8, 4) is 5.75 Å². The van der Waals surface area contributed by atoms with Crippen molar-refractivity contribution >= 4 is 40.4 Å². The summed E-state index contributed by atoms with van der Waals surface area (Å²) in [4.78, 5) is 15.2. The fourth-order valence-electron chi connectivity index (χ4n) is 2.99. The number of carbonyl (C=O) groups excluding carboxylic acids is 1. The number of nitrogens with zero attached hydrogens (tertiary/aromatic N) is 1. The number of nitrogens with one attached hydrogen (secondary N) is 1. The highest BCUT2D eigenvalue weighted by Gasteiger charge is 2.14. The fourth-order valence-corrected chi connectivity index (χ4v) is 3.49. The van der Waals surface area contributed by atoms with Crippen molar-refractivity contribution in [3.63, 3.8) is 0 Å². The Morgan fingerprint density at radius 1 is 1.15 bits per heavy atom. The Hall–Kier alpha value is -2.11. The normalized spacial score (nSPS) is 13.9. The van der Waals surface area contributed by atoms with Gasteiger partial charge in [0.1, 0.15) is 10.7 Å². The van der Waals surface area contributed by atoms with Crippen molar-refractivity contribution in [2.75, 3.05) is 25.0 Å². The number of piperidine rings is 1. The minimum absolute atomic E-state index is 0.0680. The predicted molar refractivity (Wildman–Crippen MR) is 114 cm³/mol. The second-order valence-electron chi connectivity index (χ2n) is 6.68. The molecular formula is C21H23ClN2O2S. The second-order valence-corrected chi connectivity index (χ2v) is 7.47. The van der Waals surface area contributed by atoms with Crippen LogP contribution in [0.4, 0.5) is 5.69 Å². The zero-order valence-electron chi connectivity index (χ0n) is 15.3. The molecule has 2 aromatic rings. The van der Waals surface area contributed by atoms with E-state index < -0.39 is 0 Å². The van der Waals surface area contributed by atoms with Gasteiger partial charge in [-0.1, -0.05) is 29.9 Å². The topological polar surface area (TPSA) is 41.6 Å². The molecule has 2 aromatic carbocycles. The van der Waals surface area contributed by atoms with Gasteiger partial charge in [0.25, 0.3) is 5.91 Å². The zero-order valence-corrected chi connectivity index (χ0v) is 16.9. The van der Waals surface area contributed by atoms with Gasteiger partial charge in [0.2, 0.25) is 0 Å². The number of benzene rings is 2. The number of aryl methyl sites for hydroxylation is 1. The van der Waals surface area contributed by atoms with E-state index in [0.717, 1.165) is 29.2 Å². The van der Waals surface area contributed by atoms with Gasteiger partial charge in [-0.25, -0.2) is 0 Å². The molecule has 1 aliphatic heterocycles. The van der Waals surface area contributed by atoms with Crippen molar-refractivity contribution < 1.29 is 9.53 Å². The van der Waals surface area contributed by atoms with E-state index in [-0.39, 0.29) is 12.5 Å². The lowest BCUT2D eigenvalue weighted by molar-refractivity contribution is -0.118. The van der Waals surface area contributed by atoms with Crippen molar-refractivity contribution in [1.29, 1.82) is 0 Å². The number of ether oxygens (including phenoxy) is 1. The monoisotopic (exact) mass is 402 g/mol. The third-order valence-corrected chi connectivity index (χ3v) is 5.47. The molecule has 0 aliphatic carbocycles. The zero-order chi connectivity index (χ0) is 19.2. The minimum atomic E-state index is -0.233. The van der Waals surface area contributed by atoms with Gasteiger partial charge in [0, 0.05) is 29.4 Å². The van der Waals surface area contributed by atoms with Crippen LogP contribution in [0.3, 0.4) is 0 Å². The molecule has 0 spiro atoms. The molecule has 0 bridgehead atoms. The van der Waals surface area contributed by atoms with Crippen molar-refractivity contribution in [2.24, 2.45) is 0 Å². The maximum Gasteiger partial charge on any atom is 0.262 e. The third-order valence-electron chi connectivity index (χ3n) is 4.57. The average Bonchev–Trinajstić information content (AvgIpc) is 2.70. The molecule has 1 saturated heterocycles. The summed E-state index contributed by atoms with van der Waals surface area (Å²) in [5.74, 6) is 0.403. The Morgan fingerprint density at radius 3 is 2.52 bits per heavy atom. The lowest BCUT2D eigenvalue weighted by Gasteiger charge is -2.29. The Labute approximate surface area is 170 Å². The summed E-state index contributed by atoms with van der Waals surface area (Å²) in [6.45, 7) is 3.90. The predicted octanol–water partition coefficient (Wildman–Crippen LogP) is 4.83. The molecule has 3 rings (SSSR count). The lowest BCUT2D eigenvalue weighted by atomic mass is 10.1. The number of amides is 1. The first-order chi connectivity index (χ1) is 13.0. The summed E-state index contributed by atoms with van der Waals surface area (Å²) in [5.41, 5.74) is 2.63. The molecule has 1 aliphatic rings. The molecule has 1 fully saturated rings. The van der Waals surface area contributed by atoms with Crippen LogP contribution in [-0.4, -0.2) is 35.5 Å². The largest absolute Gasteiger partial charge is 0.484 e. The number of likely N-dealkylation sites (tertiary alicyclic amines) is 1. The molecule has 1 amide bonds. The molecule has 1 N–H and O–H groups in total. The molecule has 0 unspecified atom stereocenters. The van der Waals surface area contributed by atoms with Gasteiger partial charge in [0.15, 0.2) is 6.61 Å². The van der Waals surface area contributed by atoms with Crippen molar-refractivity contribution in [1.82, 2.24) is 4.90 Å². The van der Waals surface area contributed by atoms with Crippen LogP contribution in [0.1, 0.15) is 30.4 Å². The summed E-state index contributed by atoms with van der Waals surface area (Å²) >= 11 is 11.7. The number of hydrogen-bond acceptors (Lipinski definition) is 3. The number of rotatable bonds is 5. The summed E-state index contributed by atoms with van der Waals surface area (Å²) < 4.78 is 5.57. The van der Waals surface area contributed by atoms with E-state index in [1.54, 1.807) is 6.07 Å². The SMILES string of the molecule is Cc1ccc(NC(=O)COc2ccc(C(=S)N3CCCCC3)cc2)cc1Cl. The minimum Gasteiger partial charge on any atom is -0.484 e. The van der Waals surface area contributed by atoms with Gasteiger partial charge in [-0.2, -0.15) is 0 Å². The number of hydrogen-bond donors (Lipinski definition) is 1. The lowest BCUT2D eigenvalue weighted by Crippen LogP contribution is -2.34. The molecule has 0 saturated carbocycles. The smallest absolute Gasteiger partial charge is 0.262 e. The van der Waals surface area contributed by atoms with Gasteiger partial charge in [0.05, 0.1) is 0 Å². The van der Waals surface area contributed by atoms with Gasteiger partial charge < -0.3 is 15.0 Å². The maximum atomic E-state index is 12.1. The number of thiocarbonyl (C=S) groups is 1. The van der Waals surface area contributed by atoms with E-state index in [4.69, 9.17) is 28.6 Å². The molecule has 0 radical (unpaired) electrons. The van der Waals surface area contributed by atoms with E-state index >= 15 is 0 Å². The maximum absolute atomic E-state index is 12.1. The van der Waals surface area contributed by atoms with Crippen LogP contribution in [0.25, 0.3) is 0 Å².